The third-order valence-electron chi connectivity index (χ3n) is 4.60. The maximum atomic E-state index is 12.8. The number of hydrogen-bond acceptors (Lipinski definition) is 3. The molecule has 2 rings (SSSR count). The molecule has 0 spiro atoms. The zero-order valence-electron chi connectivity index (χ0n) is 14.3. The van der Waals surface area contributed by atoms with Crippen LogP contribution in [0.2, 0.25) is 0 Å². The molecular formula is C18H27N3O2. The summed E-state index contributed by atoms with van der Waals surface area (Å²) in [5.41, 5.74) is 0.948. The second-order valence-electron chi connectivity index (χ2n) is 6.30. The van der Waals surface area contributed by atoms with Gasteiger partial charge in [0.15, 0.2) is 0 Å². The number of aromatic nitrogens is 1. The minimum Gasteiger partial charge on any atom is -0.350 e. The zero-order chi connectivity index (χ0) is 16.8. The molecule has 5 heteroatoms. The molecule has 2 unspecified atom stereocenters. The van der Waals surface area contributed by atoms with E-state index in [1.165, 1.54) is 12.6 Å². The number of carbonyl (C=O) groups is 2. The maximum Gasteiger partial charge on any atom is 0.255 e. The van der Waals surface area contributed by atoms with Crippen molar-refractivity contribution in [1.82, 2.24) is 15.2 Å². The maximum absolute atomic E-state index is 12.8. The van der Waals surface area contributed by atoms with Crippen LogP contribution in [0.1, 0.15) is 73.6 Å². The summed E-state index contributed by atoms with van der Waals surface area (Å²) in [7, 11) is 0. The predicted octanol–water partition coefficient (Wildman–Crippen LogP) is 3.01. The van der Waals surface area contributed by atoms with Crippen molar-refractivity contribution >= 4 is 11.8 Å². The van der Waals surface area contributed by atoms with E-state index in [4.69, 9.17) is 0 Å². The summed E-state index contributed by atoms with van der Waals surface area (Å²) in [6, 6.07) is 2.07. The van der Waals surface area contributed by atoms with E-state index in [0.717, 1.165) is 32.2 Å². The van der Waals surface area contributed by atoms with E-state index in [1.807, 2.05) is 18.7 Å². The van der Waals surface area contributed by atoms with Crippen molar-refractivity contribution < 1.29 is 9.59 Å². The molecule has 23 heavy (non-hydrogen) atoms. The number of pyridine rings is 1. The average molecular weight is 317 g/mol. The topological polar surface area (TPSA) is 62.3 Å². The Bertz CT molecular complexity index is 559. The number of piperidine rings is 1. The number of amides is 2. The zero-order valence-corrected chi connectivity index (χ0v) is 14.3. The Kier molecular flexibility index (Phi) is 6.13. The lowest BCUT2D eigenvalue weighted by molar-refractivity contribution is 0.0607. The molecule has 1 saturated heterocycles. The van der Waals surface area contributed by atoms with Crippen molar-refractivity contribution in [2.75, 3.05) is 6.54 Å². The molecule has 1 aliphatic heterocycles. The van der Waals surface area contributed by atoms with Crippen molar-refractivity contribution in [1.29, 1.82) is 0 Å². The normalized spacial score (nSPS) is 19.3. The van der Waals surface area contributed by atoms with Crippen LogP contribution in [0.3, 0.4) is 0 Å². The molecule has 1 aliphatic rings. The minimum absolute atomic E-state index is 0.0118. The Morgan fingerprint density at radius 1 is 1.30 bits per heavy atom. The van der Waals surface area contributed by atoms with Gasteiger partial charge in [0, 0.05) is 31.0 Å². The van der Waals surface area contributed by atoms with Crippen LogP contribution in [-0.2, 0) is 0 Å². The second kappa shape index (κ2) is 8.09. The Hall–Kier alpha value is -1.91. The number of hydrogen-bond donors (Lipinski definition) is 1. The summed E-state index contributed by atoms with van der Waals surface area (Å²) in [5, 5.41) is 2.91. The van der Waals surface area contributed by atoms with Crippen LogP contribution in [0.5, 0.6) is 0 Å². The largest absolute Gasteiger partial charge is 0.350 e. The monoisotopic (exact) mass is 317 g/mol. The minimum atomic E-state index is -0.174. The third kappa shape index (κ3) is 4.30. The highest BCUT2D eigenvalue weighted by molar-refractivity contribution is 5.99. The van der Waals surface area contributed by atoms with Gasteiger partial charge in [-0.05, 0) is 45.1 Å². The van der Waals surface area contributed by atoms with E-state index in [2.05, 4.69) is 17.2 Å². The highest BCUT2D eigenvalue weighted by Gasteiger charge is 2.26. The van der Waals surface area contributed by atoms with Gasteiger partial charge in [-0.25, -0.2) is 0 Å². The van der Waals surface area contributed by atoms with Gasteiger partial charge in [-0.1, -0.05) is 13.8 Å². The van der Waals surface area contributed by atoms with E-state index in [1.54, 1.807) is 12.3 Å². The predicted molar refractivity (Wildman–Crippen MR) is 90.4 cm³/mol. The molecule has 1 aromatic heterocycles. The number of rotatable bonds is 5. The molecule has 0 aromatic carbocycles. The summed E-state index contributed by atoms with van der Waals surface area (Å²) < 4.78 is 0. The molecule has 2 amide bonds. The lowest BCUT2D eigenvalue weighted by atomic mass is 9.99. The highest BCUT2D eigenvalue weighted by atomic mass is 16.2. The van der Waals surface area contributed by atoms with Crippen LogP contribution >= 0.6 is 0 Å². The molecule has 0 saturated carbocycles. The van der Waals surface area contributed by atoms with Crippen molar-refractivity contribution in [3.05, 3.63) is 29.6 Å². The van der Waals surface area contributed by atoms with E-state index in [0.29, 0.717) is 17.2 Å². The van der Waals surface area contributed by atoms with Gasteiger partial charge in [0.2, 0.25) is 0 Å². The standard InChI is InChI=1S/C18H27N3O2/c1-4-13(3)20-17(22)14-10-15(12-19-11-14)18(23)21-9-7-6-8-16(21)5-2/h10-13,16H,4-9H2,1-3H3,(H,20,22). The van der Waals surface area contributed by atoms with Crippen LogP contribution in [0.25, 0.3) is 0 Å². The molecule has 126 valence electrons. The summed E-state index contributed by atoms with van der Waals surface area (Å²) in [6.07, 6.45) is 8.19. The summed E-state index contributed by atoms with van der Waals surface area (Å²) in [6.45, 7) is 6.88. The molecule has 1 aromatic rings. The average Bonchev–Trinajstić information content (AvgIpc) is 2.60. The quantitative estimate of drug-likeness (QED) is 0.908. The molecule has 0 aliphatic carbocycles. The van der Waals surface area contributed by atoms with Crippen molar-refractivity contribution in [3.63, 3.8) is 0 Å². The van der Waals surface area contributed by atoms with Crippen LogP contribution in [-0.4, -0.2) is 40.3 Å². The number of carbonyl (C=O) groups excluding carboxylic acids is 2. The van der Waals surface area contributed by atoms with Gasteiger partial charge in [0.05, 0.1) is 11.1 Å². The van der Waals surface area contributed by atoms with Crippen LogP contribution in [0.15, 0.2) is 18.5 Å². The van der Waals surface area contributed by atoms with Gasteiger partial charge in [-0.2, -0.15) is 0 Å². The van der Waals surface area contributed by atoms with Gasteiger partial charge >= 0.3 is 0 Å². The first-order chi connectivity index (χ1) is 11.1. The van der Waals surface area contributed by atoms with Crippen molar-refractivity contribution in [3.8, 4) is 0 Å². The highest BCUT2D eigenvalue weighted by Crippen LogP contribution is 2.21. The molecule has 5 nitrogen and oxygen atoms in total. The molecule has 1 N–H and O–H groups in total. The van der Waals surface area contributed by atoms with Crippen LogP contribution in [0.4, 0.5) is 0 Å². The Morgan fingerprint density at radius 3 is 2.74 bits per heavy atom. The molecule has 0 radical (unpaired) electrons. The fourth-order valence-electron chi connectivity index (χ4n) is 2.95. The fraction of sp³-hybridized carbons (Fsp3) is 0.611. The Labute approximate surface area is 138 Å². The molecule has 2 heterocycles. The summed E-state index contributed by atoms with van der Waals surface area (Å²) in [5.74, 6) is -0.186. The van der Waals surface area contributed by atoms with Crippen molar-refractivity contribution in [2.45, 2.75) is 65.0 Å². The Morgan fingerprint density at radius 2 is 2.04 bits per heavy atom. The van der Waals surface area contributed by atoms with E-state index >= 15 is 0 Å². The number of likely N-dealkylation sites (tertiary alicyclic amines) is 1. The first kappa shape index (κ1) is 17.4. The van der Waals surface area contributed by atoms with Crippen molar-refractivity contribution in [2.24, 2.45) is 0 Å². The smallest absolute Gasteiger partial charge is 0.255 e. The van der Waals surface area contributed by atoms with Gasteiger partial charge in [0.25, 0.3) is 11.8 Å². The van der Waals surface area contributed by atoms with Crippen LogP contribution < -0.4 is 5.32 Å². The summed E-state index contributed by atoms with van der Waals surface area (Å²) >= 11 is 0. The van der Waals surface area contributed by atoms with Gasteiger partial charge in [-0.15, -0.1) is 0 Å². The lowest BCUT2D eigenvalue weighted by Gasteiger charge is -2.35. The first-order valence-corrected chi connectivity index (χ1v) is 8.63. The molecule has 1 fully saturated rings. The van der Waals surface area contributed by atoms with E-state index in [-0.39, 0.29) is 17.9 Å². The van der Waals surface area contributed by atoms with E-state index < -0.39 is 0 Å². The molecule has 0 bridgehead atoms. The number of nitrogens with zero attached hydrogens (tertiary/aromatic N) is 2. The number of nitrogens with one attached hydrogen (secondary N) is 1. The molecular weight excluding hydrogens is 290 g/mol. The van der Waals surface area contributed by atoms with Gasteiger partial charge in [-0.3, -0.25) is 14.6 Å². The van der Waals surface area contributed by atoms with Gasteiger partial charge in [0.1, 0.15) is 0 Å². The van der Waals surface area contributed by atoms with Gasteiger partial charge < -0.3 is 10.2 Å². The third-order valence-corrected chi connectivity index (χ3v) is 4.60. The first-order valence-electron chi connectivity index (χ1n) is 8.63. The second-order valence-corrected chi connectivity index (χ2v) is 6.30. The Balaban J connectivity index is 2.15. The molecule has 2 atom stereocenters. The SMILES string of the molecule is CCC(C)NC(=O)c1cncc(C(=O)N2CCCCC2CC)c1. The fourth-order valence-corrected chi connectivity index (χ4v) is 2.95. The van der Waals surface area contributed by atoms with Crippen LogP contribution in [0, 0.1) is 0 Å². The van der Waals surface area contributed by atoms with E-state index in [9.17, 15) is 9.59 Å². The summed E-state index contributed by atoms with van der Waals surface area (Å²) in [4.78, 5) is 31.0. The lowest BCUT2D eigenvalue weighted by Crippen LogP contribution is -2.43.